The highest BCUT2D eigenvalue weighted by molar-refractivity contribution is 7.90. The lowest BCUT2D eigenvalue weighted by atomic mass is 9.81. The van der Waals surface area contributed by atoms with Crippen molar-refractivity contribution in [3.05, 3.63) is 29.8 Å². The summed E-state index contributed by atoms with van der Waals surface area (Å²) < 4.78 is 26.5. The monoisotopic (exact) mass is 306 g/mol. The zero-order chi connectivity index (χ0) is 14.9. The minimum absolute atomic E-state index is 0.343. The van der Waals surface area contributed by atoms with E-state index in [-0.39, 0.29) is 0 Å². The van der Waals surface area contributed by atoms with Gasteiger partial charge in [-0.3, -0.25) is 9.71 Å². The molecule has 0 bridgehead atoms. The molecule has 1 saturated carbocycles. The van der Waals surface area contributed by atoms with Gasteiger partial charge < -0.3 is 0 Å². The molecule has 4 nitrogen and oxygen atoms in total. The number of benzene rings is 1. The first-order valence-electron chi connectivity index (χ1n) is 7.73. The number of aliphatic imine (C=N–C) groups is 1. The largest absolute Gasteiger partial charge is 0.267 e. The molecule has 0 radical (unpaired) electrons. The molecule has 1 heterocycles. The SMILES string of the molecule is CC1CCCC(CCN=C2NS(=O)(=O)c3ccccc32)C1. The minimum atomic E-state index is -3.40. The predicted molar refractivity (Wildman–Crippen MR) is 83.9 cm³/mol. The van der Waals surface area contributed by atoms with E-state index in [1.54, 1.807) is 12.1 Å². The Bertz CT molecular complexity index is 652. The first-order chi connectivity index (χ1) is 10.1. The molecule has 3 rings (SSSR count). The Morgan fingerprint density at radius 2 is 2.10 bits per heavy atom. The van der Waals surface area contributed by atoms with Gasteiger partial charge >= 0.3 is 0 Å². The lowest BCUT2D eigenvalue weighted by molar-refractivity contribution is 0.273. The van der Waals surface area contributed by atoms with Crippen LogP contribution in [0.1, 0.15) is 44.6 Å². The summed E-state index contributed by atoms with van der Waals surface area (Å²) in [7, 11) is -3.40. The molecule has 2 atom stereocenters. The molecular weight excluding hydrogens is 284 g/mol. The van der Waals surface area contributed by atoms with E-state index in [9.17, 15) is 8.42 Å². The van der Waals surface area contributed by atoms with Crippen molar-refractivity contribution in [2.24, 2.45) is 16.8 Å². The van der Waals surface area contributed by atoms with Gasteiger partial charge in [-0.15, -0.1) is 0 Å². The van der Waals surface area contributed by atoms with Crippen LogP contribution in [0.15, 0.2) is 34.2 Å². The summed E-state index contributed by atoms with van der Waals surface area (Å²) >= 11 is 0. The molecule has 5 heteroatoms. The van der Waals surface area contributed by atoms with Crippen LogP contribution >= 0.6 is 0 Å². The van der Waals surface area contributed by atoms with Crippen LogP contribution in [0.2, 0.25) is 0 Å². The standard InChI is InChI=1S/C16H22N2O2S/c1-12-5-4-6-13(11-12)9-10-17-16-14-7-2-3-8-15(14)21(19,20)18-16/h2-3,7-8,12-13H,4-6,9-11H2,1H3,(H,17,18). The molecular formula is C16H22N2O2S. The molecule has 2 aliphatic rings. The third-order valence-electron chi connectivity index (χ3n) is 4.51. The fourth-order valence-electron chi connectivity index (χ4n) is 3.43. The second-order valence-corrected chi connectivity index (χ2v) is 7.91. The van der Waals surface area contributed by atoms with E-state index < -0.39 is 10.0 Å². The second kappa shape index (κ2) is 5.79. The summed E-state index contributed by atoms with van der Waals surface area (Å²) in [5, 5.41) is 0. The predicted octanol–water partition coefficient (Wildman–Crippen LogP) is 2.94. The molecule has 0 aromatic heterocycles. The van der Waals surface area contributed by atoms with Gasteiger partial charge in [0.2, 0.25) is 0 Å². The molecule has 21 heavy (non-hydrogen) atoms. The van der Waals surface area contributed by atoms with Crippen LogP contribution in [0.5, 0.6) is 0 Å². The maximum atomic E-state index is 12.0. The summed E-state index contributed by atoms with van der Waals surface area (Å²) in [5.74, 6) is 2.07. The normalized spacial score (nSPS) is 29.1. The molecule has 0 amide bonds. The molecule has 1 aromatic rings. The van der Waals surface area contributed by atoms with Gasteiger partial charge in [0.25, 0.3) is 10.0 Å². The Morgan fingerprint density at radius 1 is 1.29 bits per heavy atom. The Balaban J connectivity index is 1.68. The van der Waals surface area contributed by atoms with Crippen molar-refractivity contribution in [2.45, 2.75) is 43.9 Å². The number of rotatable bonds is 3. The Hall–Kier alpha value is -1.36. The number of sulfonamides is 1. The number of fused-ring (bicyclic) bond motifs is 1. The van der Waals surface area contributed by atoms with Crippen LogP contribution in [-0.4, -0.2) is 20.8 Å². The van der Waals surface area contributed by atoms with Crippen molar-refractivity contribution >= 4 is 15.9 Å². The number of amidine groups is 1. The Morgan fingerprint density at radius 3 is 2.90 bits per heavy atom. The fraction of sp³-hybridized carbons (Fsp3) is 0.562. The van der Waals surface area contributed by atoms with Crippen LogP contribution in [0.4, 0.5) is 0 Å². The summed E-state index contributed by atoms with van der Waals surface area (Å²) in [5.41, 5.74) is 0.703. The van der Waals surface area contributed by atoms with Gasteiger partial charge in [0.15, 0.2) is 0 Å². The highest BCUT2D eigenvalue weighted by Crippen LogP contribution is 2.30. The van der Waals surface area contributed by atoms with E-state index >= 15 is 0 Å². The highest BCUT2D eigenvalue weighted by Gasteiger charge is 2.30. The number of hydrogen-bond donors (Lipinski definition) is 1. The van der Waals surface area contributed by atoms with E-state index in [4.69, 9.17) is 0 Å². The highest BCUT2D eigenvalue weighted by atomic mass is 32.2. The van der Waals surface area contributed by atoms with Gasteiger partial charge in [-0.25, -0.2) is 8.42 Å². The van der Waals surface area contributed by atoms with Crippen molar-refractivity contribution in [3.8, 4) is 0 Å². The van der Waals surface area contributed by atoms with E-state index in [2.05, 4.69) is 16.6 Å². The molecule has 1 N–H and O–H groups in total. The van der Waals surface area contributed by atoms with E-state index in [1.807, 2.05) is 12.1 Å². The van der Waals surface area contributed by atoms with Gasteiger partial charge in [-0.1, -0.05) is 38.3 Å². The number of nitrogens with zero attached hydrogens (tertiary/aromatic N) is 1. The van der Waals surface area contributed by atoms with E-state index in [0.717, 1.165) is 18.3 Å². The third-order valence-corrected chi connectivity index (χ3v) is 5.91. The molecule has 1 aromatic carbocycles. The summed E-state index contributed by atoms with van der Waals surface area (Å²) in [6.07, 6.45) is 6.29. The van der Waals surface area contributed by atoms with Crippen molar-refractivity contribution in [2.75, 3.05) is 6.54 Å². The third kappa shape index (κ3) is 3.12. The zero-order valence-electron chi connectivity index (χ0n) is 12.4. The summed E-state index contributed by atoms with van der Waals surface area (Å²) in [6.45, 7) is 3.02. The second-order valence-electron chi connectivity index (χ2n) is 6.26. The maximum absolute atomic E-state index is 12.0. The first kappa shape index (κ1) is 14.6. The maximum Gasteiger partial charge on any atom is 0.263 e. The van der Waals surface area contributed by atoms with Gasteiger partial charge in [-0.2, -0.15) is 0 Å². The van der Waals surface area contributed by atoms with Crippen LogP contribution in [0.25, 0.3) is 0 Å². The Kier molecular flexibility index (Phi) is 4.02. The number of hydrogen-bond acceptors (Lipinski definition) is 3. The summed E-state index contributed by atoms with van der Waals surface area (Å²) in [4.78, 5) is 4.85. The van der Waals surface area contributed by atoms with E-state index in [1.165, 1.54) is 25.7 Å². The minimum Gasteiger partial charge on any atom is -0.267 e. The van der Waals surface area contributed by atoms with Gasteiger partial charge in [0.05, 0.1) is 4.90 Å². The smallest absolute Gasteiger partial charge is 0.263 e. The van der Waals surface area contributed by atoms with Gasteiger partial charge in [0.1, 0.15) is 5.84 Å². The molecule has 2 unspecified atom stereocenters. The molecule has 0 saturated heterocycles. The topological polar surface area (TPSA) is 58.5 Å². The van der Waals surface area contributed by atoms with Crippen molar-refractivity contribution < 1.29 is 8.42 Å². The van der Waals surface area contributed by atoms with Crippen LogP contribution < -0.4 is 4.72 Å². The quantitative estimate of drug-likeness (QED) is 0.933. The van der Waals surface area contributed by atoms with Gasteiger partial charge in [-0.05, 0) is 36.8 Å². The molecule has 114 valence electrons. The first-order valence-corrected chi connectivity index (χ1v) is 9.21. The van der Waals surface area contributed by atoms with Crippen LogP contribution in [0, 0.1) is 11.8 Å². The van der Waals surface area contributed by atoms with Crippen molar-refractivity contribution in [1.29, 1.82) is 0 Å². The van der Waals surface area contributed by atoms with Crippen molar-refractivity contribution in [3.63, 3.8) is 0 Å². The zero-order valence-corrected chi connectivity index (χ0v) is 13.2. The molecule has 1 aliphatic heterocycles. The lowest BCUT2D eigenvalue weighted by Gasteiger charge is -2.26. The van der Waals surface area contributed by atoms with Crippen molar-refractivity contribution in [1.82, 2.24) is 4.72 Å². The average Bonchev–Trinajstić information content (AvgIpc) is 2.71. The Labute approximate surface area is 126 Å². The number of nitrogens with one attached hydrogen (secondary N) is 1. The van der Waals surface area contributed by atoms with Crippen LogP contribution in [0.3, 0.4) is 0 Å². The van der Waals surface area contributed by atoms with Crippen LogP contribution in [-0.2, 0) is 10.0 Å². The van der Waals surface area contributed by atoms with Gasteiger partial charge in [0, 0.05) is 12.1 Å². The fourth-order valence-corrected chi connectivity index (χ4v) is 4.68. The van der Waals surface area contributed by atoms with E-state index in [0.29, 0.717) is 22.8 Å². The average molecular weight is 306 g/mol. The lowest BCUT2D eigenvalue weighted by Crippen LogP contribution is -2.22. The molecule has 1 fully saturated rings. The molecule has 0 spiro atoms. The molecule has 1 aliphatic carbocycles. The summed E-state index contributed by atoms with van der Waals surface area (Å²) in [6, 6.07) is 7.03.